The first-order chi connectivity index (χ1) is 8.88. The summed E-state index contributed by atoms with van der Waals surface area (Å²) < 4.78 is 28.2. The van der Waals surface area contributed by atoms with Crippen molar-refractivity contribution in [2.24, 2.45) is 5.73 Å². The van der Waals surface area contributed by atoms with E-state index in [1.165, 1.54) is 12.1 Å². The lowest BCUT2D eigenvalue weighted by Gasteiger charge is -2.15. The predicted molar refractivity (Wildman–Crippen MR) is 75.1 cm³/mol. The molecule has 1 aromatic rings. The van der Waals surface area contributed by atoms with Crippen LogP contribution in [0.2, 0.25) is 0 Å². The van der Waals surface area contributed by atoms with Crippen molar-refractivity contribution in [3.63, 3.8) is 0 Å². The Kier molecular flexibility index (Phi) is 8.10. The fraction of sp³-hybridized carbons (Fsp3) is 0.462. The molecule has 0 spiro atoms. The fourth-order valence-corrected chi connectivity index (χ4v) is 1.61. The molecule has 3 N–H and O–H groups in total. The van der Waals surface area contributed by atoms with Gasteiger partial charge in [-0.1, -0.05) is 12.1 Å². The topological polar surface area (TPSA) is 64.4 Å². The number of alkyl halides is 2. The number of ether oxygens (including phenoxy) is 1. The van der Waals surface area contributed by atoms with Crippen LogP contribution in [-0.4, -0.2) is 18.6 Å². The highest BCUT2D eigenvalue weighted by Crippen LogP contribution is 2.19. The van der Waals surface area contributed by atoms with Crippen LogP contribution in [0.25, 0.3) is 0 Å². The van der Waals surface area contributed by atoms with Crippen LogP contribution in [0.3, 0.4) is 0 Å². The van der Waals surface area contributed by atoms with Gasteiger partial charge in [-0.05, 0) is 31.5 Å². The van der Waals surface area contributed by atoms with Crippen molar-refractivity contribution >= 4 is 18.3 Å². The van der Waals surface area contributed by atoms with Gasteiger partial charge in [0.25, 0.3) is 0 Å². The average Bonchev–Trinajstić information content (AvgIpc) is 2.27. The molecule has 114 valence electrons. The molecule has 1 rings (SSSR count). The van der Waals surface area contributed by atoms with Crippen molar-refractivity contribution in [3.8, 4) is 5.75 Å². The van der Waals surface area contributed by atoms with Crippen molar-refractivity contribution in [2.75, 3.05) is 0 Å². The third-order valence-electron chi connectivity index (χ3n) is 2.49. The van der Waals surface area contributed by atoms with Gasteiger partial charge < -0.3 is 15.8 Å². The van der Waals surface area contributed by atoms with Gasteiger partial charge >= 0.3 is 6.61 Å². The first-order valence-electron chi connectivity index (χ1n) is 5.98. The van der Waals surface area contributed by atoms with Crippen LogP contribution in [0.1, 0.15) is 31.9 Å². The fourth-order valence-electron chi connectivity index (χ4n) is 1.61. The Morgan fingerprint density at radius 2 is 1.85 bits per heavy atom. The van der Waals surface area contributed by atoms with E-state index in [9.17, 15) is 13.6 Å². The maximum absolute atomic E-state index is 12.0. The molecular formula is C13H19ClF2N2O2. The highest BCUT2D eigenvalue weighted by Gasteiger charge is 2.11. The summed E-state index contributed by atoms with van der Waals surface area (Å²) in [6.07, 6.45) is 0.247. The molecule has 0 aromatic heterocycles. The van der Waals surface area contributed by atoms with E-state index in [1.807, 2.05) is 6.92 Å². The number of amides is 1. The normalized spacial score (nSPS) is 13.3. The lowest BCUT2D eigenvalue weighted by Crippen LogP contribution is -2.31. The second-order valence-corrected chi connectivity index (χ2v) is 4.42. The molecule has 2 atom stereocenters. The number of carbonyl (C=O) groups is 1. The Hall–Kier alpha value is -1.40. The summed E-state index contributed by atoms with van der Waals surface area (Å²) in [6.45, 7) is 0.719. The van der Waals surface area contributed by atoms with Crippen LogP contribution in [0.5, 0.6) is 5.75 Å². The van der Waals surface area contributed by atoms with Gasteiger partial charge in [0.1, 0.15) is 5.75 Å². The summed E-state index contributed by atoms with van der Waals surface area (Å²) in [4.78, 5) is 11.5. The SMILES string of the molecule is CC(N)CC(=O)NC(C)c1ccc(OC(F)F)cc1.Cl. The Morgan fingerprint density at radius 1 is 1.30 bits per heavy atom. The maximum atomic E-state index is 12.0. The number of nitrogens with one attached hydrogen (secondary N) is 1. The van der Waals surface area contributed by atoms with Crippen molar-refractivity contribution < 1.29 is 18.3 Å². The zero-order valence-corrected chi connectivity index (χ0v) is 12.1. The largest absolute Gasteiger partial charge is 0.435 e. The molecule has 1 aromatic carbocycles. The van der Waals surface area contributed by atoms with Gasteiger partial charge in [-0.25, -0.2) is 0 Å². The number of halogens is 3. The number of carbonyl (C=O) groups excluding carboxylic acids is 1. The van der Waals surface area contributed by atoms with E-state index < -0.39 is 6.61 Å². The molecule has 4 nitrogen and oxygen atoms in total. The highest BCUT2D eigenvalue weighted by molar-refractivity contribution is 5.85. The number of hydrogen-bond acceptors (Lipinski definition) is 3. The lowest BCUT2D eigenvalue weighted by atomic mass is 10.1. The average molecular weight is 309 g/mol. The van der Waals surface area contributed by atoms with Crippen molar-refractivity contribution in [1.82, 2.24) is 5.32 Å². The highest BCUT2D eigenvalue weighted by atomic mass is 35.5. The zero-order valence-electron chi connectivity index (χ0n) is 11.3. The monoisotopic (exact) mass is 308 g/mol. The Morgan fingerprint density at radius 3 is 2.30 bits per heavy atom. The summed E-state index contributed by atoms with van der Waals surface area (Å²) in [5.41, 5.74) is 6.33. The van der Waals surface area contributed by atoms with Crippen molar-refractivity contribution in [2.45, 2.75) is 39.0 Å². The smallest absolute Gasteiger partial charge is 0.387 e. The van der Waals surface area contributed by atoms with Gasteiger partial charge in [-0.3, -0.25) is 4.79 Å². The zero-order chi connectivity index (χ0) is 14.4. The van der Waals surface area contributed by atoms with E-state index in [0.29, 0.717) is 0 Å². The standard InChI is InChI=1S/C13H18F2N2O2.ClH/c1-8(16)7-12(18)17-9(2)10-3-5-11(6-4-10)19-13(14)15;/h3-6,8-9,13H,7,16H2,1-2H3,(H,17,18);1H. The Bertz CT molecular complexity index is 413. The molecule has 0 aliphatic rings. The summed E-state index contributed by atoms with van der Waals surface area (Å²) in [5.74, 6) is -0.0525. The minimum Gasteiger partial charge on any atom is -0.435 e. The molecule has 7 heteroatoms. The van der Waals surface area contributed by atoms with Gasteiger partial charge in [0.15, 0.2) is 0 Å². The third-order valence-corrected chi connectivity index (χ3v) is 2.49. The molecule has 2 unspecified atom stereocenters. The van der Waals surface area contributed by atoms with Gasteiger partial charge in [0.05, 0.1) is 6.04 Å². The first kappa shape index (κ1) is 18.6. The van der Waals surface area contributed by atoms with Gasteiger partial charge in [-0.2, -0.15) is 8.78 Å². The van der Waals surface area contributed by atoms with Crippen LogP contribution in [0.15, 0.2) is 24.3 Å². The molecule has 0 fully saturated rings. The molecule has 20 heavy (non-hydrogen) atoms. The van der Waals surface area contributed by atoms with Gasteiger partial charge in [-0.15, -0.1) is 12.4 Å². The molecule has 0 saturated carbocycles. The van der Waals surface area contributed by atoms with Gasteiger partial charge in [0, 0.05) is 12.5 Å². The van der Waals surface area contributed by atoms with E-state index in [4.69, 9.17) is 5.73 Å². The maximum Gasteiger partial charge on any atom is 0.387 e. The molecule has 0 bridgehead atoms. The van der Waals surface area contributed by atoms with Crippen molar-refractivity contribution in [3.05, 3.63) is 29.8 Å². The molecule has 1 amide bonds. The van der Waals surface area contributed by atoms with E-state index in [-0.39, 0.29) is 42.6 Å². The van der Waals surface area contributed by atoms with Gasteiger partial charge in [0.2, 0.25) is 5.91 Å². The number of rotatable bonds is 6. The van der Waals surface area contributed by atoms with E-state index in [0.717, 1.165) is 5.56 Å². The molecule has 0 heterocycles. The quantitative estimate of drug-likeness (QED) is 0.849. The third kappa shape index (κ3) is 6.68. The number of hydrogen-bond donors (Lipinski definition) is 2. The molecular weight excluding hydrogens is 290 g/mol. The summed E-state index contributed by atoms with van der Waals surface area (Å²) in [6, 6.07) is 5.73. The van der Waals surface area contributed by atoms with Crippen molar-refractivity contribution in [1.29, 1.82) is 0 Å². The first-order valence-corrected chi connectivity index (χ1v) is 5.98. The minimum atomic E-state index is -2.84. The summed E-state index contributed by atoms with van der Waals surface area (Å²) >= 11 is 0. The molecule has 0 saturated heterocycles. The summed E-state index contributed by atoms with van der Waals surface area (Å²) in [5, 5.41) is 2.78. The van der Waals surface area contributed by atoms with Crippen LogP contribution in [0.4, 0.5) is 8.78 Å². The molecule has 0 radical (unpaired) electrons. The Balaban J connectivity index is 0.00000361. The van der Waals surface area contributed by atoms with Crippen LogP contribution in [0, 0.1) is 0 Å². The van der Waals surface area contributed by atoms with E-state index in [1.54, 1.807) is 19.1 Å². The van der Waals surface area contributed by atoms with Crippen LogP contribution in [-0.2, 0) is 4.79 Å². The molecule has 0 aliphatic carbocycles. The van der Waals surface area contributed by atoms with Crippen LogP contribution < -0.4 is 15.8 Å². The minimum absolute atomic E-state index is 0. The summed E-state index contributed by atoms with van der Waals surface area (Å²) in [7, 11) is 0. The number of nitrogens with two attached hydrogens (primary N) is 1. The number of benzene rings is 1. The second kappa shape index (κ2) is 8.71. The predicted octanol–water partition coefficient (Wildman–Crippen LogP) is 2.62. The van der Waals surface area contributed by atoms with E-state index in [2.05, 4.69) is 10.1 Å². The lowest BCUT2D eigenvalue weighted by molar-refractivity contribution is -0.122. The second-order valence-electron chi connectivity index (χ2n) is 4.42. The Labute approximate surface area is 123 Å². The molecule has 0 aliphatic heterocycles. The van der Waals surface area contributed by atoms with E-state index >= 15 is 0 Å². The van der Waals surface area contributed by atoms with Crippen LogP contribution >= 0.6 is 12.4 Å².